The van der Waals surface area contributed by atoms with Gasteiger partial charge in [-0.05, 0) is 43.9 Å². The molecule has 0 bridgehead atoms. The average molecular weight is 297 g/mol. The van der Waals surface area contributed by atoms with Gasteiger partial charge in [-0.15, -0.1) is 0 Å². The number of hydrogen-bond donors (Lipinski definition) is 1. The molecule has 0 radical (unpaired) electrons. The number of nitrogens with two attached hydrogens (primary N) is 1. The minimum absolute atomic E-state index is 0.442. The maximum Gasteiger partial charge on any atom is 0.0242 e. The SMILES string of the molecule is CN(Cc1ccccc1Br)CC1CCC(N)C1. The molecule has 0 amide bonds. The molecule has 2 atom stereocenters. The first-order valence-corrected chi connectivity index (χ1v) is 7.12. The minimum atomic E-state index is 0.442. The van der Waals surface area contributed by atoms with E-state index in [0.717, 1.165) is 19.0 Å². The van der Waals surface area contributed by atoms with Gasteiger partial charge < -0.3 is 10.6 Å². The molecule has 0 aromatic heterocycles. The third-order valence-electron chi connectivity index (χ3n) is 3.55. The molecule has 2 unspecified atom stereocenters. The first-order chi connectivity index (χ1) is 8.15. The van der Waals surface area contributed by atoms with Crippen LogP contribution in [0.2, 0.25) is 0 Å². The first kappa shape index (κ1) is 13.1. The fourth-order valence-corrected chi connectivity index (χ4v) is 3.11. The number of hydrogen-bond acceptors (Lipinski definition) is 2. The van der Waals surface area contributed by atoms with Gasteiger partial charge >= 0.3 is 0 Å². The van der Waals surface area contributed by atoms with Gasteiger partial charge in [-0.3, -0.25) is 0 Å². The van der Waals surface area contributed by atoms with Gasteiger partial charge in [0.2, 0.25) is 0 Å². The van der Waals surface area contributed by atoms with E-state index >= 15 is 0 Å². The van der Waals surface area contributed by atoms with Crippen molar-refractivity contribution in [3.05, 3.63) is 34.3 Å². The van der Waals surface area contributed by atoms with Crippen LogP contribution in [0.3, 0.4) is 0 Å². The van der Waals surface area contributed by atoms with Crippen LogP contribution in [0.25, 0.3) is 0 Å². The molecular formula is C14H21BrN2. The lowest BCUT2D eigenvalue weighted by molar-refractivity contribution is 0.269. The van der Waals surface area contributed by atoms with Crippen molar-refractivity contribution in [3.63, 3.8) is 0 Å². The van der Waals surface area contributed by atoms with Gasteiger partial charge in [-0.25, -0.2) is 0 Å². The molecule has 3 heteroatoms. The van der Waals surface area contributed by atoms with Crippen LogP contribution in [-0.4, -0.2) is 24.5 Å². The Bertz CT molecular complexity index is 367. The van der Waals surface area contributed by atoms with Gasteiger partial charge in [0.05, 0.1) is 0 Å². The summed E-state index contributed by atoms with van der Waals surface area (Å²) in [5, 5.41) is 0. The smallest absolute Gasteiger partial charge is 0.0242 e. The molecule has 2 nitrogen and oxygen atoms in total. The first-order valence-electron chi connectivity index (χ1n) is 6.32. The van der Waals surface area contributed by atoms with Crippen LogP contribution in [-0.2, 0) is 6.54 Å². The second-order valence-corrected chi connectivity index (χ2v) is 6.08. The van der Waals surface area contributed by atoms with Crippen LogP contribution in [0.5, 0.6) is 0 Å². The van der Waals surface area contributed by atoms with Crippen molar-refractivity contribution in [1.82, 2.24) is 4.90 Å². The summed E-state index contributed by atoms with van der Waals surface area (Å²) in [4.78, 5) is 2.41. The van der Waals surface area contributed by atoms with Gasteiger partial charge in [0.25, 0.3) is 0 Å². The Morgan fingerprint density at radius 3 is 2.76 bits per heavy atom. The molecule has 2 rings (SSSR count). The van der Waals surface area contributed by atoms with Gasteiger partial charge in [-0.2, -0.15) is 0 Å². The van der Waals surface area contributed by atoms with E-state index in [9.17, 15) is 0 Å². The average Bonchev–Trinajstić information content (AvgIpc) is 2.67. The van der Waals surface area contributed by atoms with Gasteiger partial charge in [-0.1, -0.05) is 34.1 Å². The highest BCUT2D eigenvalue weighted by atomic mass is 79.9. The van der Waals surface area contributed by atoms with E-state index in [-0.39, 0.29) is 0 Å². The highest BCUT2D eigenvalue weighted by Crippen LogP contribution is 2.25. The maximum atomic E-state index is 5.95. The molecule has 94 valence electrons. The van der Waals surface area contributed by atoms with E-state index < -0.39 is 0 Å². The summed E-state index contributed by atoms with van der Waals surface area (Å²) in [7, 11) is 2.20. The van der Waals surface area contributed by atoms with Crippen LogP contribution in [0, 0.1) is 5.92 Å². The van der Waals surface area contributed by atoms with E-state index in [1.165, 1.54) is 29.3 Å². The van der Waals surface area contributed by atoms with Crippen LogP contribution in [0.4, 0.5) is 0 Å². The largest absolute Gasteiger partial charge is 0.328 e. The zero-order chi connectivity index (χ0) is 12.3. The zero-order valence-electron chi connectivity index (χ0n) is 10.4. The van der Waals surface area contributed by atoms with Crippen molar-refractivity contribution in [2.75, 3.05) is 13.6 Å². The quantitative estimate of drug-likeness (QED) is 0.925. The Balaban J connectivity index is 1.85. The summed E-state index contributed by atoms with van der Waals surface area (Å²) < 4.78 is 1.20. The van der Waals surface area contributed by atoms with Crippen molar-refractivity contribution in [2.24, 2.45) is 11.7 Å². The van der Waals surface area contributed by atoms with Crippen molar-refractivity contribution >= 4 is 15.9 Å². The molecule has 2 N–H and O–H groups in total. The molecule has 1 fully saturated rings. The van der Waals surface area contributed by atoms with Crippen molar-refractivity contribution in [1.29, 1.82) is 0 Å². The lowest BCUT2D eigenvalue weighted by Crippen LogP contribution is -2.25. The van der Waals surface area contributed by atoms with Crippen LogP contribution < -0.4 is 5.73 Å². The Morgan fingerprint density at radius 1 is 1.35 bits per heavy atom. The lowest BCUT2D eigenvalue weighted by atomic mass is 10.1. The van der Waals surface area contributed by atoms with E-state index in [2.05, 4.69) is 52.1 Å². The fraction of sp³-hybridized carbons (Fsp3) is 0.571. The van der Waals surface area contributed by atoms with Gasteiger partial charge in [0.15, 0.2) is 0 Å². The van der Waals surface area contributed by atoms with E-state index in [4.69, 9.17) is 5.73 Å². The summed E-state index contributed by atoms with van der Waals surface area (Å²) in [6.45, 7) is 2.17. The fourth-order valence-electron chi connectivity index (χ4n) is 2.70. The normalized spacial score (nSPS) is 24.5. The minimum Gasteiger partial charge on any atom is -0.328 e. The molecule has 0 heterocycles. The Hall–Kier alpha value is -0.380. The van der Waals surface area contributed by atoms with Crippen molar-refractivity contribution < 1.29 is 0 Å². The summed E-state index contributed by atoms with van der Waals surface area (Å²) in [5.74, 6) is 0.789. The number of nitrogens with zero attached hydrogens (tertiary/aromatic N) is 1. The topological polar surface area (TPSA) is 29.3 Å². The van der Waals surface area contributed by atoms with E-state index in [0.29, 0.717) is 6.04 Å². The van der Waals surface area contributed by atoms with Crippen LogP contribution >= 0.6 is 15.9 Å². The third-order valence-corrected chi connectivity index (χ3v) is 4.32. The van der Waals surface area contributed by atoms with Crippen molar-refractivity contribution in [3.8, 4) is 0 Å². The molecule has 0 spiro atoms. The van der Waals surface area contributed by atoms with E-state index in [1.807, 2.05) is 0 Å². The number of benzene rings is 1. The lowest BCUT2D eigenvalue weighted by Gasteiger charge is -2.21. The molecular weight excluding hydrogens is 276 g/mol. The standard InChI is InChI=1S/C14H21BrN2/c1-17(9-11-6-7-13(16)8-11)10-12-4-2-3-5-14(12)15/h2-5,11,13H,6-10,16H2,1H3. The molecule has 1 aromatic rings. The third kappa shape index (κ3) is 3.80. The highest BCUT2D eigenvalue weighted by Gasteiger charge is 2.22. The van der Waals surface area contributed by atoms with Crippen molar-refractivity contribution in [2.45, 2.75) is 31.8 Å². The summed E-state index contributed by atoms with van der Waals surface area (Å²) in [5.41, 5.74) is 7.31. The second-order valence-electron chi connectivity index (χ2n) is 5.23. The monoisotopic (exact) mass is 296 g/mol. The molecule has 1 aromatic carbocycles. The Kier molecular flexibility index (Phi) is 4.60. The molecule has 0 aliphatic heterocycles. The Morgan fingerprint density at radius 2 is 2.12 bits per heavy atom. The maximum absolute atomic E-state index is 5.95. The Labute approximate surface area is 112 Å². The van der Waals surface area contributed by atoms with Crippen LogP contribution in [0.15, 0.2) is 28.7 Å². The predicted molar refractivity (Wildman–Crippen MR) is 75.8 cm³/mol. The summed E-state index contributed by atoms with van der Waals surface area (Å²) in [6.07, 6.45) is 3.69. The van der Waals surface area contributed by atoms with Gasteiger partial charge in [0.1, 0.15) is 0 Å². The number of rotatable bonds is 4. The summed E-state index contributed by atoms with van der Waals surface area (Å²) >= 11 is 3.60. The molecule has 0 saturated heterocycles. The molecule has 1 aliphatic rings. The highest BCUT2D eigenvalue weighted by molar-refractivity contribution is 9.10. The predicted octanol–water partition coefficient (Wildman–Crippen LogP) is 3.01. The van der Waals surface area contributed by atoms with Gasteiger partial charge in [0, 0.05) is 23.6 Å². The van der Waals surface area contributed by atoms with E-state index in [1.54, 1.807) is 0 Å². The second kappa shape index (κ2) is 5.98. The summed E-state index contributed by atoms with van der Waals surface area (Å²) in [6, 6.07) is 8.88. The zero-order valence-corrected chi connectivity index (χ0v) is 12.0. The van der Waals surface area contributed by atoms with Crippen LogP contribution in [0.1, 0.15) is 24.8 Å². The molecule has 17 heavy (non-hydrogen) atoms. The molecule has 1 saturated carbocycles. The number of halogens is 1. The molecule has 1 aliphatic carbocycles.